The van der Waals surface area contributed by atoms with Crippen LogP contribution in [-0.2, 0) is 6.18 Å². The van der Waals surface area contributed by atoms with Crippen LogP contribution in [0, 0.1) is 0 Å². The first kappa shape index (κ1) is 23.3. The van der Waals surface area contributed by atoms with Crippen LogP contribution in [0.15, 0.2) is 30.3 Å². The van der Waals surface area contributed by atoms with Crippen molar-refractivity contribution in [1.82, 2.24) is 10.3 Å². The number of nitrogen functional groups attached to an aromatic ring is 1. The Labute approximate surface area is 168 Å². The lowest BCUT2D eigenvalue weighted by Gasteiger charge is -2.30. The van der Waals surface area contributed by atoms with Gasteiger partial charge in [-0.1, -0.05) is 30.3 Å². The molecule has 11 heteroatoms. The zero-order valence-electron chi connectivity index (χ0n) is 16.3. The van der Waals surface area contributed by atoms with Crippen LogP contribution in [0.3, 0.4) is 0 Å². The van der Waals surface area contributed by atoms with Crippen LogP contribution in [0.5, 0.6) is 5.88 Å². The fourth-order valence-corrected chi connectivity index (χ4v) is 2.56. The molecule has 0 bridgehead atoms. The van der Waals surface area contributed by atoms with E-state index in [2.05, 4.69) is 4.98 Å². The van der Waals surface area contributed by atoms with Crippen molar-refractivity contribution >= 4 is 11.6 Å². The number of nitrogens with one attached hydrogen (secondary N) is 1. The topological polar surface area (TPSA) is 97.5 Å². The van der Waals surface area contributed by atoms with Gasteiger partial charge in [0.2, 0.25) is 5.88 Å². The van der Waals surface area contributed by atoms with E-state index in [0.29, 0.717) is 6.92 Å². The highest BCUT2D eigenvalue weighted by Gasteiger charge is 2.45. The third-order valence-corrected chi connectivity index (χ3v) is 4.49. The first-order valence-corrected chi connectivity index (χ1v) is 8.59. The molecule has 0 radical (unpaired) electrons. The molecule has 1 aromatic carbocycles. The maximum absolute atomic E-state index is 13.7. The van der Waals surface area contributed by atoms with E-state index in [0.717, 1.165) is 14.0 Å². The number of nitrogens with zero attached hydrogens (tertiary/aromatic N) is 1. The van der Waals surface area contributed by atoms with Crippen molar-refractivity contribution in [2.75, 3.05) is 19.4 Å². The van der Waals surface area contributed by atoms with Crippen LogP contribution < -0.4 is 15.8 Å². The SMILES string of the molecule is COc1nc(C(=O)NC[C@](C)(O)C(C)(F)F)c(N)c(-c2ccccc2)c1C(F)(F)F. The number of carbonyl (C=O) groups excluding carboxylic acids is 1. The van der Waals surface area contributed by atoms with Gasteiger partial charge in [0, 0.05) is 12.5 Å². The molecule has 0 aliphatic carbocycles. The predicted molar refractivity (Wildman–Crippen MR) is 99.2 cm³/mol. The molecule has 0 fully saturated rings. The van der Waals surface area contributed by atoms with Crippen LogP contribution in [0.4, 0.5) is 27.6 Å². The fraction of sp³-hybridized carbons (Fsp3) is 0.368. The molecule has 2 rings (SSSR count). The molecule has 6 nitrogen and oxygen atoms in total. The van der Waals surface area contributed by atoms with Crippen LogP contribution in [0.1, 0.15) is 29.9 Å². The minimum Gasteiger partial charge on any atom is -0.481 e. The molecule has 164 valence electrons. The lowest BCUT2D eigenvalue weighted by molar-refractivity contribution is -0.155. The van der Waals surface area contributed by atoms with Crippen molar-refractivity contribution < 1.29 is 36.6 Å². The Balaban J connectivity index is 2.61. The number of benzene rings is 1. The fourth-order valence-electron chi connectivity index (χ4n) is 2.56. The highest BCUT2D eigenvalue weighted by atomic mass is 19.4. The van der Waals surface area contributed by atoms with E-state index < -0.39 is 58.5 Å². The number of methoxy groups -OCH3 is 1. The number of hydrogen-bond donors (Lipinski definition) is 3. The standard InChI is InChI=1S/C19H20F5N3O3/c1-17(29,18(2,20)21)9-26-15(28)14-13(25)11(10-7-5-4-6-8-10)12(19(22,23)24)16(27-14)30-3/h4-8,29H,9,25H2,1-3H3,(H,26,28)/t17-/m0/s1. The van der Waals surface area contributed by atoms with Gasteiger partial charge in [0.05, 0.1) is 19.3 Å². The number of nitrogens with two attached hydrogens (primary N) is 1. The van der Waals surface area contributed by atoms with Crippen LogP contribution >= 0.6 is 0 Å². The molecule has 2 aromatic rings. The molecule has 1 atom stereocenters. The molecule has 4 N–H and O–H groups in total. The van der Waals surface area contributed by atoms with Gasteiger partial charge in [0.15, 0.2) is 5.69 Å². The molecule has 0 aliphatic rings. The summed E-state index contributed by atoms with van der Waals surface area (Å²) in [6.45, 7) is 0.355. The highest BCUT2D eigenvalue weighted by molar-refractivity contribution is 6.02. The number of carbonyl (C=O) groups is 1. The summed E-state index contributed by atoms with van der Waals surface area (Å²) < 4.78 is 72.8. The number of hydrogen-bond acceptors (Lipinski definition) is 5. The Hall–Kier alpha value is -2.95. The molecule has 0 unspecified atom stereocenters. The molecule has 1 aromatic heterocycles. The number of ether oxygens (including phenoxy) is 1. The van der Waals surface area contributed by atoms with E-state index >= 15 is 0 Å². The minimum atomic E-state index is -4.92. The second kappa shape index (κ2) is 8.05. The van der Waals surface area contributed by atoms with Gasteiger partial charge < -0.3 is 20.9 Å². The average Bonchev–Trinajstić information content (AvgIpc) is 2.64. The second-order valence-corrected chi connectivity index (χ2v) is 6.84. The summed E-state index contributed by atoms with van der Waals surface area (Å²) in [5, 5.41) is 11.8. The quantitative estimate of drug-likeness (QED) is 0.606. The first-order valence-electron chi connectivity index (χ1n) is 8.59. The zero-order chi connectivity index (χ0) is 22.9. The predicted octanol–water partition coefficient (Wildman–Crippen LogP) is 3.49. The highest BCUT2D eigenvalue weighted by Crippen LogP contribution is 2.45. The molecule has 30 heavy (non-hydrogen) atoms. The maximum atomic E-state index is 13.7. The summed E-state index contributed by atoms with van der Waals surface area (Å²) in [5.74, 6) is -5.62. The van der Waals surface area contributed by atoms with E-state index in [-0.39, 0.29) is 5.56 Å². The third kappa shape index (κ3) is 4.61. The van der Waals surface area contributed by atoms with Gasteiger partial charge in [-0.05, 0) is 12.5 Å². The molecular weight excluding hydrogens is 413 g/mol. The molecular formula is C19H20F5N3O3. The summed E-state index contributed by atoms with van der Waals surface area (Å²) in [4.78, 5) is 16.1. The van der Waals surface area contributed by atoms with Crippen molar-refractivity contribution in [3.63, 3.8) is 0 Å². The van der Waals surface area contributed by atoms with Gasteiger partial charge in [-0.2, -0.15) is 13.2 Å². The molecule has 0 saturated heterocycles. The van der Waals surface area contributed by atoms with Crippen molar-refractivity contribution in [2.24, 2.45) is 0 Å². The Kier molecular flexibility index (Phi) is 6.26. The number of alkyl halides is 5. The summed E-state index contributed by atoms with van der Waals surface area (Å²) >= 11 is 0. The molecule has 0 aliphatic heterocycles. The third-order valence-electron chi connectivity index (χ3n) is 4.49. The minimum absolute atomic E-state index is 0.0455. The molecule has 0 saturated carbocycles. The Morgan fingerprint density at radius 1 is 1.17 bits per heavy atom. The molecule has 0 spiro atoms. The largest absolute Gasteiger partial charge is 0.481 e. The van der Waals surface area contributed by atoms with Crippen molar-refractivity contribution in [1.29, 1.82) is 0 Å². The van der Waals surface area contributed by atoms with Crippen molar-refractivity contribution in [3.8, 4) is 17.0 Å². The Morgan fingerprint density at radius 3 is 2.20 bits per heavy atom. The van der Waals surface area contributed by atoms with E-state index in [4.69, 9.17) is 10.5 Å². The summed E-state index contributed by atoms with van der Waals surface area (Å²) in [6.07, 6.45) is -4.92. The maximum Gasteiger partial charge on any atom is 0.422 e. The Morgan fingerprint density at radius 2 is 1.73 bits per heavy atom. The normalized spacial score (nSPS) is 14.2. The summed E-state index contributed by atoms with van der Waals surface area (Å²) in [6, 6.07) is 7.23. The molecule has 1 amide bonds. The van der Waals surface area contributed by atoms with Gasteiger partial charge >= 0.3 is 6.18 Å². The smallest absolute Gasteiger partial charge is 0.422 e. The summed E-state index contributed by atoms with van der Waals surface area (Å²) in [7, 11) is 0.937. The first-order chi connectivity index (χ1) is 13.7. The van der Waals surface area contributed by atoms with Crippen LogP contribution in [0.25, 0.3) is 11.1 Å². The van der Waals surface area contributed by atoms with E-state index in [1.54, 1.807) is 6.07 Å². The van der Waals surface area contributed by atoms with Crippen LogP contribution in [0.2, 0.25) is 0 Å². The number of halogens is 5. The van der Waals surface area contributed by atoms with E-state index in [1.165, 1.54) is 24.3 Å². The van der Waals surface area contributed by atoms with Crippen molar-refractivity contribution in [3.05, 3.63) is 41.6 Å². The number of anilines is 1. The zero-order valence-corrected chi connectivity index (χ0v) is 16.3. The average molecular weight is 433 g/mol. The van der Waals surface area contributed by atoms with Crippen molar-refractivity contribution in [2.45, 2.75) is 31.5 Å². The van der Waals surface area contributed by atoms with E-state index in [1.807, 2.05) is 5.32 Å². The second-order valence-electron chi connectivity index (χ2n) is 6.84. The number of amides is 1. The van der Waals surface area contributed by atoms with E-state index in [9.17, 15) is 31.9 Å². The van der Waals surface area contributed by atoms with Gasteiger partial charge in [-0.25, -0.2) is 13.8 Å². The monoisotopic (exact) mass is 433 g/mol. The number of pyridine rings is 1. The van der Waals surface area contributed by atoms with Gasteiger partial charge in [-0.3, -0.25) is 4.79 Å². The number of aliphatic hydroxyl groups is 1. The lowest BCUT2D eigenvalue weighted by Crippen LogP contribution is -2.52. The van der Waals surface area contributed by atoms with Crippen LogP contribution in [-0.4, -0.2) is 41.2 Å². The lowest BCUT2D eigenvalue weighted by atomic mass is 9.96. The number of aromatic nitrogens is 1. The van der Waals surface area contributed by atoms with Gasteiger partial charge in [0.25, 0.3) is 11.8 Å². The molecule has 1 heterocycles. The Bertz CT molecular complexity index is 926. The summed E-state index contributed by atoms with van der Waals surface area (Å²) in [5.41, 5.74) is 0.214. The van der Waals surface area contributed by atoms with Gasteiger partial charge in [-0.15, -0.1) is 0 Å². The number of rotatable bonds is 6. The van der Waals surface area contributed by atoms with Gasteiger partial charge in [0.1, 0.15) is 11.2 Å².